The van der Waals surface area contributed by atoms with Gasteiger partial charge in [-0.25, -0.2) is 0 Å². The number of phenolic OH excluding ortho intramolecular Hbond substituents is 1. The van der Waals surface area contributed by atoms with Crippen molar-refractivity contribution >= 4 is 11.9 Å². The zero-order valence-corrected chi connectivity index (χ0v) is 14.5. The van der Waals surface area contributed by atoms with Crippen molar-refractivity contribution in [1.82, 2.24) is 9.80 Å². The second-order valence-electron chi connectivity index (χ2n) is 6.78. The Hall–Kier alpha value is -2.08. The molecule has 24 heavy (non-hydrogen) atoms. The number of amides is 1. The number of benzene rings is 1. The third-order valence-corrected chi connectivity index (χ3v) is 4.76. The normalized spacial score (nSPS) is 21.1. The van der Waals surface area contributed by atoms with Gasteiger partial charge in [0.25, 0.3) is 5.91 Å². The van der Waals surface area contributed by atoms with E-state index >= 15 is 0 Å². The van der Waals surface area contributed by atoms with E-state index in [4.69, 9.17) is 5.11 Å². The van der Waals surface area contributed by atoms with Gasteiger partial charge in [-0.3, -0.25) is 9.59 Å². The molecule has 0 radical (unpaired) electrons. The van der Waals surface area contributed by atoms with Gasteiger partial charge in [0.1, 0.15) is 5.75 Å². The van der Waals surface area contributed by atoms with Crippen LogP contribution >= 0.6 is 0 Å². The first-order chi connectivity index (χ1) is 11.3. The molecule has 6 heteroatoms. The fourth-order valence-corrected chi connectivity index (χ4v) is 3.47. The first kappa shape index (κ1) is 18.3. The van der Waals surface area contributed by atoms with Crippen LogP contribution < -0.4 is 0 Å². The maximum absolute atomic E-state index is 12.7. The summed E-state index contributed by atoms with van der Waals surface area (Å²) in [5.74, 6) is -0.893. The molecule has 1 aromatic rings. The summed E-state index contributed by atoms with van der Waals surface area (Å²) >= 11 is 0. The minimum absolute atomic E-state index is 0.00295. The number of carboxylic acids is 1. The zero-order chi connectivity index (χ0) is 17.9. The van der Waals surface area contributed by atoms with E-state index in [-0.39, 0.29) is 30.0 Å². The predicted molar refractivity (Wildman–Crippen MR) is 91.2 cm³/mol. The van der Waals surface area contributed by atoms with Crippen molar-refractivity contribution in [3.63, 3.8) is 0 Å². The van der Waals surface area contributed by atoms with Crippen LogP contribution in [-0.2, 0) is 4.79 Å². The second-order valence-corrected chi connectivity index (χ2v) is 6.78. The molecule has 0 saturated carbocycles. The Bertz CT molecular complexity index is 615. The second kappa shape index (κ2) is 7.66. The molecule has 1 saturated heterocycles. The summed E-state index contributed by atoms with van der Waals surface area (Å²) in [6, 6.07) is 5.31. The topological polar surface area (TPSA) is 81.1 Å². The Morgan fingerprint density at radius 3 is 2.62 bits per heavy atom. The van der Waals surface area contributed by atoms with E-state index in [1.807, 2.05) is 21.0 Å². The van der Waals surface area contributed by atoms with Crippen molar-refractivity contribution in [2.75, 3.05) is 27.2 Å². The van der Waals surface area contributed by atoms with Crippen LogP contribution in [0.15, 0.2) is 18.2 Å². The Labute approximate surface area is 142 Å². The monoisotopic (exact) mass is 334 g/mol. The number of carboxylic acid groups (broad SMARTS) is 1. The number of aromatic hydroxyl groups is 1. The minimum atomic E-state index is -0.813. The highest BCUT2D eigenvalue weighted by molar-refractivity contribution is 5.97. The number of piperidine rings is 1. The summed E-state index contributed by atoms with van der Waals surface area (Å²) in [6.45, 7) is 2.99. The molecule has 1 heterocycles. The highest BCUT2D eigenvalue weighted by atomic mass is 16.4. The maximum Gasteiger partial charge on any atom is 0.303 e. The number of carbonyl (C=O) groups excluding carboxylic acids is 1. The van der Waals surface area contributed by atoms with Crippen molar-refractivity contribution in [3.8, 4) is 5.75 Å². The van der Waals surface area contributed by atoms with Gasteiger partial charge in [-0.05, 0) is 57.5 Å². The highest BCUT2D eigenvalue weighted by Crippen LogP contribution is 2.28. The molecule has 1 aliphatic rings. The lowest BCUT2D eigenvalue weighted by Crippen LogP contribution is -2.50. The molecule has 6 nitrogen and oxygen atoms in total. The van der Waals surface area contributed by atoms with Gasteiger partial charge in [-0.1, -0.05) is 6.07 Å². The lowest BCUT2D eigenvalue weighted by Gasteiger charge is -2.41. The summed E-state index contributed by atoms with van der Waals surface area (Å²) in [7, 11) is 3.98. The Kier molecular flexibility index (Phi) is 5.83. The van der Waals surface area contributed by atoms with Gasteiger partial charge in [-0.15, -0.1) is 0 Å². The average molecular weight is 334 g/mol. The van der Waals surface area contributed by atoms with Crippen molar-refractivity contribution in [2.24, 2.45) is 5.92 Å². The van der Waals surface area contributed by atoms with Crippen LogP contribution in [0.2, 0.25) is 0 Å². The Balaban J connectivity index is 2.13. The van der Waals surface area contributed by atoms with Crippen LogP contribution in [-0.4, -0.2) is 65.1 Å². The van der Waals surface area contributed by atoms with Crippen molar-refractivity contribution < 1.29 is 19.8 Å². The summed E-state index contributed by atoms with van der Waals surface area (Å²) in [5.41, 5.74) is 1.20. The van der Waals surface area contributed by atoms with E-state index in [9.17, 15) is 14.7 Å². The number of aliphatic carboxylic acids is 1. The third kappa shape index (κ3) is 4.26. The van der Waals surface area contributed by atoms with Gasteiger partial charge in [0.05, 0.1) is 5.56 Å². The summed E-state index contributed by atoms with van der Waals surface area (Å²) < 4.78 is 0. The molecule has 2 N–H and O–H groups in total. The molecule has 0 aliphatic carbocycles. The van der Waals surface area contributed by atoms with Crippen molar-refractivity contribution in [1.29, 1.82) is 0 Å². The summed E-state index contributed by atoms with van der Waals surface area (Å²) in [6.07, 6.45) is 1.45. The summed E-state index contributed by atoms with van der Waals surface area (Å²) in [5, 5.41) is 19.0. The van der Waals surface area contributed by atoms with Crippen LogP contribution in [0.4, 0.5) is 0 Å². The molecule has 1 aliphatic heterocycles. The number of hydrogen-bond acceptors (Lipinski definition) is 4. The molecular formula is C18H26N2O4. The van der Waals surface area contributed by atoms with E-state index in [0.717, 1.165) is 12.0 Å². The fraction of sp³-hybridized carbons (Fsp3) is 0.556. The van der Waals surface area contributed by atoms with Gasteiger partial charge in [-0.2, -0.15) is 0 Å². The number of carbonyl (C=O) groups is 2. The molecule has 0 unspecified atom stereocenters. The van der Waals surface area contributed by atoms with Crippen LogP contribution in [0.5, 0.6) is 5.75 Å². The van der Waals surface area contributed by atoms with Gasteiger partial charge in [0, 0.05) is 25.6 Å². The first-order valence-corrected chi connectivity index (χ1v) is 8.26. The smallest absolute Gasteiger partial charge is 0.303 e. The molecule has 132 valence electrons. The van der Waals surface area contributed by atoms with E-state index in [2.05, 4.69) is 4.90 Å². The third-order valence-electron chi connectivity index (χ3n) is 4.76. The lowest BCUT2D eigenvalue weighted by molar-refractivity contribution is -0.137. The van der Waals surface area contributed by atoms with E-state index < -0.39 is 5.97 Å². The molecule has 1 aromatic carbocycles. The quantitative estimate of drug-likeness (QED) is 0.860. The molecule has 1 fully saturated rings. The van der Waals surface area contributed by atoms with Crippen molar-refractivity contribution in [2.45, 2.75) is 32.2 Å². The standard InChI is InChI=1S/C18H26N2O4/c1-12-4-6-14(16(21)10-12)18(24)20-9-8-15(19(2)3)13(11-20)5-7-17(22)23/h4,6,10,13,15,21H,5,7-9,11H2,1-3H3,(H,22,23)/t13-,15+/m1/s1. The molecule has 0 spiro atoms. The number of likely N-dealkylation sites (tertiary alicyclic amines) is 1. The molecular weight excluding hydrogens is 308 g/mol. The molecule has 2 rings (SSSR count). The SMILES string of the molecule is Cc1ccc(C(=O)N2CC[C@H](N(C)C)[C@H](CCC(=O)O)C2)c(O)c1. The number of rotatable bonds is 5. The van der Waals surface area contributed by atoms with Crippen LogP contribution in [0.1, 0.15) is 35.2 Å². The van der Waals surface area contributed by atoms with E-state index in [1.54, 1.807) is 23.1 Å². The van der Waals surface area contributed by atoms with Gasteiger partial charge < -0.3 is 20.0 Å². The number of hydrogen-bond donors (Lipinski definition) is 2. The van der Waals surface area contributed by atoms with E-state index in [1.165, 1.54) is 0 Å². The Morgan fingerprint density at radius 1 is 1.33 bits per heavy atom. The molecule has 2 atom stereocenters. The van der Waals surface area contributed by atoms with E-state index in [0.29, 0.717) is 25.1 Å². The predicted octanol–water partition coefficient (Wildman–Crippen LogP) is 1.96. The molecule has 0 aromatic heterocycles. The van der Waals surface area contributed by atoms with Gasteiger partial charge >= 0.3 is 5.97 Å². The highest BCUT2D eigenvalue weighted by Gasteiger charge is 2.33. The number of aryl methyl sites for hydroxylation is 1. The van der Waals surface area contributed by atoms with Gasteiger partial charge in [0.15, 0.2) is 0 Å². The lowest BCUT2D eigenvalue weighted by atomic mass is 9.87. The summed E-state index contributed by atoms with van der Waals surface area (Å²) in [4.78, 5) is 27.5. The van der Waals surface area contributed by atoms with Crippen molar-refractivity contribution in [3.05, 3.63) is 29.3 Å². The van der Waals surface area contributed by atoms with Gasteiger partial charge in [0.2, 0.25) is 0 Å². The average Bonchev–Trinajstić information content (AvgIpc) is 2.51. The minimum Gasteiger partial charge on any atom is -0.507 e. The number of nitrogens with zero attached hydrogens (tertiary/aromatic N) is 2. The number of phenols is 1. The fourth-order valence-electron chi connectivity index (χ4n) is 3.47. The largest absolute Gasteiger partial charge is 0.507 e. The first-order valence-electron chi connectivity index (χ1n) is 8.26. The maximum atomic E-state index is 12.7. The zero-order valence-electron chi connectivity index (χ0n) is 14.5. The molecule has 1 amide bonds. The van der Waals surface area contributed by atoms with Crippen LogP contribution in [0.25, 0.3) is 0 Å². The Morgan fingerprint density at radius 2 is 2.04 bits per heavy atom. The van der Waals surface area contributed by atoms with Crippen LogP contribution in [0.3, 0.4) is 0 Å². The van der Waals surface area contributed by atoms with Crippen LogP contribution in [0, 0.1) is 12.8 Å². The molecule has 0 bridgehead atoms.